The fourth-order valence-electron chi connectivity index (χ4n) is 3.76. The van der Waals surface area contributed by atoms with E-state index in [-0.39, 0.29) is 23.3 Å². The fraction of sp³-hybridized carbons (Fsp3) is 0.296. The highest BCUT2D eigenvalue weighted by atomic mass is 32.2. The Kier molecular flexibility index (Phi) is 9.13. The molecule has 1 heterocycles. The molecule has 2 aromatic carbocycles. The summed E-state index contributed by atoms with van der Waals surface area (Å²) in [4.78, 5) is 13.1. The SMILES string of the molecule is CC(C)CC(SC(c1ccccc1)c1ccc(-c2ccc(S(C)(=O)=O)cc2)c[n+]1[O-])C(=O)NCC#N. The number of nitrogens with one attached hydrogen (secondary N) is 1. The van der Waals surface area contributed by atoms with E-state index in [1.54, 1.807) is 18.2 Å². The van der Waals surface area contributed by atoms with Crippen LogP contribution >= 0.6 is 11.8 Å². The highest BCUT2D eigenvalue weighted by Crippen LogP contribution is 2.39. The van der Waals surface area contributed by atoms with Crippen LogP contribution in [-0.2, 0) is 14.6 Å². The van der Waals surface area contributed by atoms with Gasteiger partial charge in [0.2, 0.25) is 11.6 Å². The van der Waals surface area contributed by atoms with Crippen LogP contribution in [-0.4, -0.2) is 32.4 Å². The second-order valence-corrected chi connectivity index (χ2v) is 12.2. The number of benzene rings is 2. The minimum atomic E-state index is -3.31. The topological polar surface area (TPSA) is 114 Å². The number of rotatable bonds is 10. The molecule has 0 saturated heterocycles. The Balaban J connectivity index is 1.98. The first-order valence-corrected chi connectivity index (χ1v) is 14.3. The Labute approximate surface area is 216 Å². The van der Waals surface area contributed by atoms with Crippen LogP contribution in [0.5, 0.6) is 0 Å². The first kappa shape index (κ1) is 27.2. The number of hydrogen-bond donors (Lipinski definition) is 1. The van der Waals surface area contributed by atoms with Gasteiger partial charge in [0, 0.05) is 17.9 Å². The van der Waals surface area contributed by atoms with Crippen molar-refractivity contribution in [1.82, 2.24) is 5.32 Å². The van der Waals surface area contributed by atoms with E-state index >= 15 is 0 Å². The Hall–Kier alpha value is -3.35. The van der Waals surface area contributed by atoms with Crippen molar-refractivity contribution in [1.29, 1.82) is 5.26 Å². The van der Waals surface area contributed by atoms with Crippen LogP contribution in [0.3, 0.4) is 0 Å². The highest BCUT2D eigenvalue weighted by Gasteiger charge is 2.30. The van der Waals surface area contributed by atoms with Gasteiger partial charge in [-0.3, -0.25) is 4.79 Å². The second kappa shape index (κ2) is 12.1. The molecular weight excluding hydrogens is 494 g/mol. The molecule has 9 heteroatoms. The Bertz CT molecular complexity index is 1340. The average molecular weight is 524 g/mol. The van der Waals surface area contributed by atoms with Crippen LogP contribution in [0.1, 0.15) is 36.8 Å². The van der Waals surface area contributed by atoms with Crippen LogP contribution in [0.2, 0.25) is 0 Å². The molecule has 3 aromatic rings. The lowest BCUT2D eigenvalue weighted by molar-refractivity contribution is -0.613. The highest BCUT2D eigenvalue weighted by molar-refractivity contribution is 8.01. The van der Waals surface area contributed by atoms with E-state index in [2.05, 4.69) is 5.32 Å². The molecule has 1 amide bonds. The largest absolute Gasteiger partial charge is 0.618 e. The fourth-order valence-corrected chi connectivity index (χ4v) is 6.06. The summed E-state index contributed by atoms with van der Waals surface area (Å²) in [6.45, 7) is 3.99. The van der Waals surface area contributed by atoms with Gasteiger partial charge < -0.3 is 10.5 Å². The third-order valence-corrected chi connectivity index (χ3v) is 8.20. The minimum absolute atomic E-state index is 0.0711. The molecule has 0 radical (unpaired) electrons. The molecule has 0 saturated carbocycles. The third-order valence-electron chi connectivity index (χ3n) is 5.55. The third kappa shape index (κ3) is 7.09. The molecule has 2 atom stereocenters. The van der Waals surface area contributed by atoms with E-state index in [4.69, 9.17) is 5.26 Å². The lowest BCUT2D eigenvalue weighted by atomic mass is 10.0. The van der Waals surface area contributed by atoms with Crippen molar-refractivity contribution in [2.45, 2.75) is 35.7 Å². The van der Waals surface area contributed by atoms with Crippen LogP contribution in [0.15, 0.2) is 77.8 Å². The van der Waals surface area contributed by atoms with Gasteiger partial charge in [-0.25, -0.2) is 8.42 Å². The van der Waals surface area contributed by atoms with Crippen molar-refractivity contribution in [3.63, 3.8) is 0 Å². The lowest BCUT2D eigenvalue weighted by Crippen LogP contribution is -2.37. The zero-order chi connectivity index (χ0) is 26.3. The number of carbonyl (C=O) groups is 1. The van der Waals surface area contributed by atoms with Crippen molar-refractivity contribution >= 4 is 27.5 Å². The molecule has 0 fully saturated rings. The summed E-state index contributed by atoms with van der Waals surface area (Å²) in [7, 11) is -3.31. The smallest absolute Gasteiger partial charge is 0.233 e. The van der Waals surface area contributed by atoms with E-state index in [0.29, 0.717) is 17.7 Å². The number of nitrogens with zero attached hydrogens (tertiary/aromatic N) is 2. The molecular formula is C27H29N3O4S2. The van der Waals surface area contributed by atoms with Gasteiger partial charge in [0.25, 0.3) is 0 Å². The Morgan fingerprint density at radius 2 is 1.69 bits per heavy atom. The summed E-state index contributed by atoms with van der Waals surface area (Å²) in [6.07, 6.45) is 3.21. The van der Waals surface area contributed by atoms with Crippen molar-refractivity contribution in [2.24, 2.45) is 5.92 Å². The van der Waals surface area contributed by atoms with Gasteiger partial charge in [-0.1, -0.05) is 56.3 Å². The van der Waals surface area contributed by atoms with Gasteiger partial charge in [0.1, 0.15) is 11.8 Å². The van der Waals surface area contributed by atoms with Crippen molar-refractivity contribution in [2.75, 3.05) is 12.8 Å². The normalized spacial score (nSPS) is 13.1. The predicted octanol–water partition coefficient (Wildman–Crippen LogP) is 4.27. The summed E-state index contributed by atoms with van der Waals surface area (Å²) >= 11 is 1.39. The minimum Gasteiger partial charge on any atom is -0.618 e. The summed E-state index contributed by atoms with van der Waals surface area (Å²) in [5, 5.41) is 23.9. The van der Waals surface area contributed by atoms with Gasteiger partial charge in [-0.05, 0) is 41.7 Å². The van der Waals surface area contributed by atoms with Crippen molar-refractivity contribution in [3.05, 3.63) is 89.4 Å². The number of sulfone groups is 1. The van der Waals surface area contributed by atoms with E-state index in [0.717, 1.165) is 22.1 Å². The molecule has 2 unspecified atom stereocenters. The molecule has 0 bridgehead atoms. The summed E-state index contributed by atoms with van der Waals surface area (Å²) < 4.78 is 24.3. The molecule has 0 aliphatic rings. The molecule has 188 valence electrons. The van der Waals surface area contributed by atoms with Crippen LogP contribution < -0.4 is 10.0 Å². The van der Waals surface area contributed by atoms with Gasteiger partial charge in [-0.15, -0.1) is 11.8 Å². The first-order chi connectivity index (χ1) is 17.1. The van der Waals surface area contributed by atoms with Gasteiger partial charge >= 0.3 is 0 Å². The van der Waals surface area contributed by atoms with E-state index in [1.165, 1.54) is 30.1 Å². The van der Waals surface area contributed by atoms with Gasteiger partial charge in [0.05, 0.1) is 16.2 Å². The van der Waals surface area contributed by atoms with Gasteiger partial charge in [-0.2, -0.15) is 9.99 Å². The van der Waals surface area contributed by atoms with E-state index in [9.17, 15) is 18.4 Å². The van der Waals surface area contributed by atoms with Crippen LogP contribution in [0.25, 0.3) is 11.1 Å². The molecule has 36 heavy (non-hydrogen) atoms. The summed E-state index contributed by atoms with van der Waals surface area (Å²) in [5.74, 6) is 0.0135. The van der Waals surface area contributed by atoms with Gasteiger partial charge in [0.15, 0.2) is 16.0 Å². The summed E-state index contributed by atoms with van der Waals surface area (Å²) in [6, 6.07) is 21.4. The average Bonchev–Trinajstić information content (AvgIpc) is 2.85. The van der Waals surface area contributed by atoms with Crippen molar-refractivity contribution < 1.29 is 17.9 Å². The number of hydrogen-bond acceptors (Lipinski definition) is 6. The predicted molar refractivity (Wildman–Crippen MR) is 142 cm³/mol. The lowest BCUT2D eigenvalue weighted by Gasteiger charge is -2.23. The Morgan fingerprint density at radius 3 is 2.25 bits per heavy atom. The maximum Gasteiger partial charge on any atom is 0.233 e. The van der Waals surface area contributed by atoms with Crippen molar-refractivity contribution in [3.8, 4) is 17.2 Å². The summed E-state index contributed by atoms with van der Waals surface area (Å²) in [5.41, 5.74) is 2.73. The quantitative estimate of drug-likeness (QED) is 0.241. The molecule has 3 rings (SSSR count). The number of amides is 1. The standard InChI is InChI=1S/C27H29N3O4S2/c1-19(2)17-25(27(31)29-16-15-28)35-26(21-7-5-4-6-8-21)24-14-11-22(18-30(24)32)20-9-12-23(13-10-20)36(3,33)34/h4-14,18-19,25-26H,16-17H2,1-3H3,(H,29,31). The Morgan fingerprint density at radius 1 is 1.06 bits per heavy atom. The zero-order valence-corrected chi connectivity index (χ0v) is 22.1. The molecule has 0 aliphatic carbocycles. The number of pyridine rings is 1. The monoisotopic (exact) mass is 523 g/mol. The number of carbonyl (C=O) groups excluding carboxylic acids is 1. The van der Waals surface area contributed by atoms with Crippen LogP contribution in [0, 0.1) is 22.5 Å². The molecule has 7 nitrogen and oxygen atoms in total. The molecule has 1 N–H and O–H groups in total. The van der Waals surface area contributed by atoms with E-state index in [1.807, 2.05) is 56.3 Å². The molecule has 0 aliphatic heterocycles. The van der Waals surface area contributed by atoms with E-state index < -0.39 is 20.3 Å². The first-order valence-electron chi connectivity index (χ1n) is 11.5. The maximum atomic E-state index is 13.3. The van der Waals surface area contributed by atoms with Crippen LogP contribution in [0.4, 0.5) is 0 Å². The number of nitriles is 1. The second-order valence-electron chi connectivity index (χ2n) is 8.89. The number of aromatic nitrogens is 1. The number of thioether (sulfide) groups is 1. The zero-order valence-electron chi connectivity index (χ0n) is 20.4. The molecule has 1 aromatic heterocycles. The molecule has 0 spiro atoms. The maximum absolute atomic E-state index is 13.3.